The van der Waals surface area contributed by atoms with Gasteiger partial charge in [-0.1, -0.05) is 6.92 Å². The topological polar surface area (TPSA) is 37.0 Å². The zero-order valence-corrected chi connectivity index (χ0v) is 6.64. The highest BCUT2D eigenvalue weighted by Gasteiger charge is 2.06. The fourth-order valence-electron chi connectivity index (χ4n) is 0.842. The summed E-state index contributed by atoms with van der Waals surface area (Å²) in [5, 5.41) is 9.27. The van der Waals surface area contributed by atoms with Crippen LogP contribution in [0.3, 0.4) is 0 Å². The van der Waals surface area contributed by atoms with Gasteiger partial charge >= 0.3 is 0 Å². The molecule has 1 atom stereocenters. The Balaban J connectivity index is 2.51. The minimum atomic E-state index is -0.248. The van der Waals surface area contributed by atoms with Crippen LogP contribution in [0.15, 0.2) is 24.8 Å². The molecule has 0 saturated carbocycles. The highest BCUT2D eigenvalue weighted by atomic mass is 16.3. The van der Waals surface area contributed by atoms with Crippen molar-refractivity contribution in [2.45, 2.75) is 26.0 Å². The average Bonchev–Trinajstić information content (AvgIpc) is 2.06. The smallest absolute Gasteiger partial charge is 0.187 e. The van der Waals surface area contributed by atoms with E-state index in [1.165, 1.54) is 0 Å². The van der Waals surface area contributed by atoms with Crippen molar-refractivity contribution in [2.24, 2.45) is 0 Å². The maximum atomic E-state index is 9.27. The van der Waals surface area contributed by atoms with Crippen LogP contribution < -0.4 is 4.57 Å². The van der Waals surface area contributed by atoms with E-state index < -0.39 is 0 Å². The van der Waals surface area contributed by atoms with Crippen LogP contribution in [-0.4, -0.2) is 16.2 Å². The van der Waals surface area contributed by atoms with E-state index in [0.29, 0.717) is 6.54 Å². The van der Waals surface area contributed by atoms with Crippen LogP contribution in [0.2, 0.25) is 0 Å². The first-order valence-electron chi connectivity index (χ1n) is 3.80. The Kier molecular flexibility index (Phi) is 2.98. The van der Waals surface area contributed by atoms with Crippen molar-refractivity contribution >= 4 is 0 Å². The zero-order valence-electron chi connectivity index (χ0n) is 6.64. The van der Waals surface area contributed by atoms with Crippen LogP contribution in [-0.2, 0) is 6.54 Å². The molecule has 1 N–H and O–H groups in total. The van der Waals surface area contributed by atoms with Crippen molar-refractivity contribution < 1.29 is 9.67 Å². The van der Waals surface area contributed by atoms with Gasteiger partial charge in [-0.3, -0.25) is 4.98 Å². The molecule has 60 valence electrons. The Morgan fingerprint density at radius 1 is 1.45 bits per heavy atom. The molecular formula is C8H13N2O+. The molecule has 0 radical (unpaired) electrons. The molecule has 0 aliphatic heterocycles. The first kappa shape index (κ1) is 8.14. The fourth-order valence-corrected chi connectivity index (χ4v) is 0.842. The summed E-state index contributed by atoms with van der Waals surface area (Å²) >= 11 is 0. The number of aromatic nitrogens is 2. The third-order valence-corrected chi connectivity index (χ3v) is 1.58. The lowest BCUT2D eigenvalue weighted by Gasteiger charge is -2.01. The van der Waals surface area contributed by atoms with Crippen molar-refractivity contribution in [3.05, 3.63) is 24.8 Å². The van der Waals surface area contributed by atoms with Crippen LogP contribution in [0.5, 0.6) is 0 Å². The maximum absolute atomic E-state index is 9.27. The van der Waals surface area contributed by atoms with Gasteiger partial charge in [0.05, 0.1) is 12.4 Å². The number of hydrogen-bond donors (Lipinski definition) is 1. The van der Waals surface area contributed by atoms with Crippen molar-refractivity contribution in [3.63, 3.8) is 0 Å². The monoisotopic (exact) mass is 153 g/mol. The molecule has 0 saturated heterocycles. The van der Waals surface area contributed by atoms with Gasteiger partial charge in [-0.2, -0.15) is 4.57 Å². The van der Waals surface area contributed by atoms with Gasteiger partial charge in [-0.05, 0) is 6.42 Å². The second-order valence-electron chi connectivity index (χ2n) is 2.50. The number of nitrogens with zero attached hydrogens (tertiary/aromatic N) is 2. The van der Waals surface area contributed by atoms with Crippen LogP contribution in [0.25, 0.3) is 0 Å². The molecule has 0 bridgehead atoms. The van der Waals surface area contributed by atoms with Gasteiger partial charge in [-0.15, -0.1) is 0 Å². The van der Waals surface area contributed by atoms with Gasteiger partial charge in [0, 0.05) is 0 Å². The maximum Gasteiger partial charge on any atom is 0.187 e. The van der Waals surface area contributed by atoms with E-state index in [1.807, 2.05) is 23.9 Å². The van der Waals surface area contributed by atoms with Crippen molar-refractivity contribution in [1.82, 2.24) is 4.98 Å². The Hall–Kier alpha value is -0.960. The summed E-state index contributed by atoms with van der Waals surface area (Å²) in [7, 11) is 0. The molecule has 0 amide bonds. The average molecular weight is 153 g/mol. The Bertz CT molecular complexity index is 201. The second kappa shape index (κ2) is 4.03. The molecule has 1 heterocycles. The van der Waals surface area contributed by atoms with Crippen molar-refractivity contribution in [3.8, 4) is 0 Å². The molecule has 0 aliphatic carbocycles. The van der Waals surface area contributed by atoms with E-state index in [9.17, 15) is 5.11 Å². The highest BCUT2D eigenvalue weighted by molar-refractivity contribution is 4.63. The molecule has 0 aromatic carbocycles. The highest BCUT2D eigenvalue weighted by Crippen LogP contribution is 1.87. The van der Waals surface area contributed by atoms with Gasteiger partial charge in [0.1, 0.15) is 6.10 Å². The normalized spacial score (nSPS) is 12.9. The molecule has 3 heteroatoms. The van der Waals surface area contributed by atoms with Gasteiger partial charge in [-0.25, -0.2) is 0 Å². The van der Waals surface area contributed by atoms with Crippen molar-refractivity contribution in [1.29, 1.82) is 0 Å². The summed E-state index contributed by atoms with van der Waals surface area (Å²) in [5.74, 6) is 0. The van der Waals surface area contributed by atoms with Gasteiger partial charge < -0.3 is 5.11 Å². The van der Waals surface area contributed by atoms with E-state index in [-0.39, 0.29) is 6.10 Å². The van der Waals surface area contributed by atoms with Crippen LogP contribution in [0, 0.1) is 0 Å². The first-order valence-corrected chi connectivity index (χ1v) is 3.80. The Morgan fingerprint density at radius 3 is 2.64 bits per heavy atom. The third kappa shape index (κ3) is 2.63. The van der Waals surface area contributed by atoms with E-state index in [4.69, 9.17) is 0 Å². The molecule has 1 aromatic heterocycles. The second-order valence-corrected chi connectivity index (χ2v) is 2.50. The minimum Gasteiger partial charge on any atom is -0.387 e. The number of aliphatic hydroxyl groups is 1. The summed E-state index contributed by atoms with van der Waals surface area (Å²) in [6.45, 7) is 2.62. The fraction of sp³-hybridized carbons (Fsp3) is 0.500. The summed E-state index contributed by atoms with van der Waals surface area (Å²) in [5.41, 5.74) is 0. The molecule has 1 aromatic rings. The number of aliphatic hydroxyl groups excluding tert-OH is 1. The number of rotatable bonds is 3. The SMILES string of the molecule is CCC(O)C[n+]1ccncc1. The lowest BCUT2D eigenvalue weighted by atomic mass is 10.3. The van der Waals surface area contributed by atoms with Gasteiger partial charge in [0.2, 0.25) is 0 Å². The molecule has 11 heavy (non-hydrogen) atoms. The van der Waals surface area contributed by atoms with E-state index in [0.717, 1.165) is 6.42 Å². The standard InChI is InChI=1S/C8H13N2O/c1-2-8(11)7-10-5-3-9-4-6-10/h3-6,8,11H,2,7H2,1H3/q+1. The lowest BCUT2D eigenvalue weighted by Crippen LogP contribution is -2.38. The minimum absolute atomic E-state index is 0.248. The predicted octanol–water partition coefficient (Wildman–Crippen LogP) is 0.140. The quantitative estimate of drug-likeness (QED) is 0.627. The van der Waals surface area contributed by atoms with Crippen LogP contribution >= 0.6 is 0 Å². The summed E-state index contributed by atoms with van der Waals surface area (Å²) < 4.78 is 1.92. The molecular weight excluding hydrogens is 140 g/mol. The molecule has 1 rings (SSSR count). The Morgan fingerprint density at radius 2 is 2.09 bits per heavy atom. The van der Waals surface area contributed by atoms with E-state index >= 15 is 0 Å². The molecule has 0 spiro atoms. The summed E-state index contributed by atoms with van der Waals surface area (Å²) in [6, 6.07) is 0. The predicted molar refractivity (Wildman–Crippen MR) is 40.7 cm³/mol. The largest absolute Gasteiger partial charge is 0.387 e. The van der Waals surface area contributed by atoms with Crippen molar-refractivity contribution in [2.75, 3.05) is 0 Å². The third-order valence-electron chi connectivity index (χ3n) is 1.58. The zero-order chi connectivity index (χ0) is 8.10. The van der Waals surface area contributed by atoms with Gasteiger partial charge in [0.15, 0.2) is 18.9 Å². The van der Waals surface area contributed by atoms with Crippen LogP contribution in [0.4, 0.5) is 0 Å². The molecule has 1 unspecified atom stereocenters. The van der Waals surface area contributed by atoms with E-state index in [1.54, 1.807) is 12.4 Å². The van der Waals surface area contributed by atoms with E-state index in [2.05, 4.69) is 4.98 Å². The van der Waals surface area contributed by atoms with Crippen LogP contribution in [0.1, 0.15) is 13.3 Å². The first-order chi connectivity index (χ1) is 5.33. The molecule has 0 aliphatic rings. The Labute approximate surface area is 66.3 Å². The number of hydrogen-bond acceptors (Lipinski definition) is 2. The molecule has 3 nitrogen and oxygen atoms in total. The van der Waals surface area contributed by atoms with Gasteiger partial charge in [0.25, 0.3) is 0 Å². The lowest BCUT2D eigenvalue weighted by molar-refractivity contribution is -0.704. The summed E-state index contributed by atoms with van der Waals surface area (Å²) in [4.78, 5) is 3.88. The summed E-state index contributed by atoms with van der Waals surface area (Å²) in [6.07, 6.45) is 7.65. The molecule has 0 fully saturated rings.